The maximum Gasteiger partial charge on any atom is 0.354 e. The largest absolute Gasteiger partial charge is 0.477 e. The number of carboxylic acid groups (broad SMARTS) is 2. The quantitative estimate of drug-likeness (QED) is 0.704. The van der Waals surface area contributed by atoms with Crippen molar-refractivity contribution in [3.63, 3.8) is 0 Å². The first-order chi connectivity index (χ1) is 6.00. The fourth-order valence-electron chi connectivity index (χ4n) is 0.716. The zero-order valence-corrected chi connectivity index (χ0v) is 6.19. The first-order valence-corrected chi connectivity index (χ1v) is 3.15. The minimum Gasteiger partial charge on any atom is -0.477 e. The second kappa shape index (κ2) is 3.18. The van der Waals surface area contributed by atoms with Crippen LogP contribution in [-0.4, -0.2) is 27.1 Å². The van der Waals surface area contributed by atoms with Crippen LogP contribution in [0.1, 0.15) is 21.0 Å². The molecule has 0 spiro atoms. The Morgan fingerprint density at radius 2 is 1.54 bits per heavy atom. The summed E-state index contributed by atoms with van der Waals surface area (Å²) in [5, 5.41) is 16.8. The molecule has 0 saturated carbocycles. The topological polar surface area (TPSA) is 87.5 Å². The van der Waals surface area contributed by atoms with Crippen LogP contribution in [0.25, 0.3) is 0 Å². The maximum atomic E-state index is 12.6. The van der Waals surface area contributed by atoms with Crippen molar-refractivity contribution in [2.45, 2.75) is 0 Å². The minimum atomic E-state index is -1.47. The molecule has 5 nitrogen and oxygen atoms in total. The van der Waals surface area contributed by atoms with Gasteiger partial charge in [0, 0.05) is 12.1 Å². The number of nitrogens with zero attached hydrogens (tertiary/aromatic N) is 1. The molecule has 0 unspecified atom stereocenters. The van der Waals surface area contributed by atoms with E-state index in [9.17, 15) is 14.0 Å². The van der Waals surface area contributed by atoms with Crippen LogP contribution in [0.3, 0.4) is 0 Å². The average Bonchev–Trinajstić information content (AvgIpc) is 2.03. The summed E-state index contributed by atoms with van der Waals surface area (Å²) in [6.07, 6.45) is 0. The summed E-state index contributed by atoms with van der Waals surface area (Å²) < 4.78 is 12.6. The van der Waals surface area contributed by atoms with Crippen molar-refractivity contribution in [1.29, 1.82) is 0 Å². The molecule has 1 heterocycles. The van der Waals surface area contributed by atoms with Crippen molar-refractivity contribution >= 4 is 11.9 Å². The van der Waals surface area contributed by atoms with Crippen molar-refractivity contribution < 1.29 is 24.2 Å². The SMILES string of the molecule is O=C(O)c1cc(F)cc(C(=O)O)n1. The molecule has 0 aliphatic rings. The van der Waals surface area contributed by atoms with Gasteiger partial charge in [-0.1, -0.05) is 0 Å². The van der Waals surface area contributed by atoms with Crippen LogP contribution in [0.15, 0.2) is 12.1 Å². The van der Waals surface area contributed by atoms with Crippen molar-refractivity contribution in [3.05, 3.63) is 29.3 Å². The molecule has 0 saturated heterocycles. The molecule has 0 bridgehead atoms. The van der Waals surface area contributed by atoms with E-state index in [1.807, 2.05) is 0 Å². The van der Waals surface area contributed by atoms with Gasteiger partial charge in [0.15, 0.2) is 11.4 Å². The van der Waals surface area contributed by atoms with Crippen molar-refractivity contribution in [2.75, 3.05) is 0 Å². The summed E-state index contributed by atoms with van der Waals surface area (Å²) in [6, 6.07) is 1.30. The van der Waals surface area contributed by atoms with E-state index in [2.05, 4.69) is 4.98 Å². The van der Waals surface area contributed by atoms with E-state index in [4.69, 9.17) is 10.2 Å². The minimum absolute atomic E-state index is 0.627. The fourth-order valence-corrected chi connectivity index (χ4v) is 0.716. The molecule has 68 valence electrons. The van der Waals surface area contributed by atoms with Gasteiger partial charge >= 0.3 is 11.9 Å². The number of carbonyl (C=O) groups is 2. The highest BCUT2D eigenvalue weighted by Gasteiger charge is 2.12. The third-order valence-corrected chi connectivity index (χ3v) is 1.23. The number of aromatic carboxylic acids is 2. The number of halogens is 1. The smallest absolute Gasteiger partial charge is 0.354 e. The van der Waals surface area contributed by atoms with Gasteiger partial charge in [-0.15, -0.1) is 0 Å². The molecule has 0 atom stereocenters. The fraction of sp³-hybridized carbons (Fsp3) is 0. The lowest BCUT2D eigenvalue weighted by molar-refractivity contribution is 0.0684. The Kier molecular flexibility index (Phi) is 2.23. The Bertz CT molecular complexity index is 345. The van der Waals surface area contributed by atoms with Crippen molar-refractivity contribution in [1.82, 2.24) is 4.98 Å². The summed E-state index contributed by atoms with van der Waals surface area (Å²) in [5.74, 6) is -3.88. The highest BCUT2D eigenvalue weighted by atomic mass is 19.1. The van der Waals surface area contributed by atoms with E-state index in [0.717, 1.165) is 0 Å². The molecule has 0 amide bonds. The van der Waals surface area contributed by atoms with Crippen LogP contribution in [0.4, 0.5) is 4.39 Å². The number of carboxylic acids is 2. The number of aromatic nitrogens is 1. The van der Waals surface area contributed by atoms with Crippen molar-refractivity contribution in [3.8, 4) is 0 Å². The van der Waals surface area contributed by atoms with Crippen LogP contribution in [0, 0.1) is 5.82 Å². The van der Waals surface area contributed by atoms with E-state index in [1.165, 1.54) is 0 Å². The van der Waals surface area contributed by atoms with E-state index in [0.29, 0.717) is 12.1 Å². The number of rotatable bonds is 2. The molecule has 0 radical (unpaired) electrons. The third-order valence-electron chi connectivity index (χ3n) is 1.23. The van der Waals surface area contributed by atoms with Crippen LogP contribution >= 0.6 is 0 Å². The van der Waals surface area contributed by atoms with Gasteiger partial charge in [-0.25, -0.2) is 19.0 Å². The van der Waals surface area contributed by atoms with Crippen LogP contribution < -0.4 is 0 Å². The number of hydrogen-bond acceptors (Lipinski definition) is 3. The Hall–Kier alpha value is -1.98. The number of pyridine rings is 1. The number of hydrogen-bond donors (Lipinski definition) is 2. The zero-order chi connectivity index (χ0) is 10.0. The Labute approximate surface area is 71.5 Å². The molecule has 0 aliphatic carbocycles. The highest BCUT2D eigenvalue weighted by Crippen LogP contribution is 2.04. The molecule has 0 aliphatic heterocycles. The standard InChI is InChI=1S/C7H4FNO4/c8-3-1-4(6(10)11)9-5(2-3)7(12)13/h1-2H,(H,10,11)(H,12,13). The molecular weight excluding hydrogens is 181 g/mol. The van der Waals surface area contributed by atoms with Gasteiger partial charge in [-0.2, -0.15) is 0 Å². The van der Waals surface area contributed by atoms with Gasteiger partial charge in [-0.3, -0.25) is 0 Å². The van der Waals surface area contributed by atoms with Crippen LogP contribution in [-0.2, 0) is 0 Å². The monoisotopic (exact) mass is 185 g/mol. The predicted molar refractivity (Wildman–Crippen MR) is 38.1 cm³/mol. The summed E-state index contributed by atoms with van der Waals surface area (Å²) >= 11 is 0. The Morgan fingerprint density at radius 1 is 1.15 bits per heavy atom. The second-order valence-electron chi connectivity index (χ2n) is 2.17. The van der Waals surface area contributed by atoms with E-state index in [-0.39, 0.29) is 0 Å². The van der Waals surface area contributed by atoms with E-state index in [1.54, 1.807) is 0 Å². The first-order valence-electron chi connectivity index (χ1n) is 3.15. The molecular formula is C7H4FNO4. The summed E-state index contributed by atoms with van der Waals surface area (Å²) in [7, 11) is 0. The molecule has 1 aromatic heterocycles. The lowest BCUT2D eigenvalue weighted by Gasteiger charge is -1.96. The van der Waals surface area contributed by atoms with E-state index >= 15 is 0 Å². The van der Waals surface area contributed by atoms with Gasteiger partial charge in [0.25, 0.3) is 0 Å². The summed E-state index contributed by atoms with van der Waals surface area (Å²) in [5.41, 5.74) is -1.25. The third kappa shape index (κ3) is 1.98. The molecule has 2 N–H and O–H groups in total. The van der Waals surface area contributed by atoms with E-state index < -0.39 is 29.1 Å². The molecule has 0 aromatic carbocycles. The Morgan fingerprint density at radius 3 is 1.85 bits per heavy atom. The average molecular weight is 185 g/mol. The second-order valence-corrected chi connectivity index (χ2v) is 2.17. The van der Waals surface area contributed by atoms with Gasteiger partial charge in [-0.05, 0) is 0 Å². The van der Waals surface area contributed by atoms with Gasteiger partial charge in [0.05, 0.1) is 0 Å². The maximum absolute atomic E-state index is 12.6. The van der Waals surface area contributed by atoms with Gasteiger partial charge < -0.3 is 10.2 Å². The molecule has 6 heteroatoms. The van der Waals surface area contributed by atoms with Gasteiger partial charge in [0.2, 0.25) is 0 Å². The van der Waals surface area contributed by atoms with Gasteiger partial charge in [0.1, 0.15) is 5.82 Å². The molecule has 1 aromatic rings. The molecule has 0 fully saturated rings. The Balaban J connectivity index is 3.26. The van der Waals surface area contributed by atoms with Crippen molar-refractivity contribution in [2.24, 2.45) is 0 Å². The normalized spacial score (nSPS) is 9.62. The zero-order valence-electron chi connectivity index (χ0n) is 6.19. The summed E-state index contributed by atoms with van der Waals surface area (Å²) in [6.45, 7) is 0. The lowest BCUT2D eigenvalue weighted by atomic mass is 10.3. The predicted octanol–water partition coefficient (Wildman–Crippen LogP) is 0.617. The molecule has 1 rings (SSSR count). The first kappa shape index (κ1) is 9.11. The highest BCUT2D eigenvalue weighted by molar-refractivity contribution is 5.89. The van der Waals surface area contributed by atoms with Crippen LogP contribution in [0.2, 0.25) is 0 Å². The summed E-state index contributed by atoms with van der Waals surface area (Å²) in [4.78, 5) is 23.8. The van der Waals surface area contributed by atoms with Crippen LogP contribution in [0.5, 0.6) is 0 Å². The molecule has 13 heavy (non-hydrogen) atoms. The lowest BCUT2D eigenvalue weighted by Crippen LogP contribution is -2.08.